The number of nitrogens with one attached hydrogen (secondary N) is 1. The highest BCUT2D eigenvalue weighted by atomic mass is 15.3. The topological polar surface area (TPSA) is 12.0 Å². The molecule has 0 unspecified atom stereocenters. The summed E-state index contributed by atoms with van der Waals surface area (Å²) in [6.07, 6.45) is 1.20. The van der Waals surface area contributed by atoms with E-state index in [0.29, 0.717) is 0 Å². The van der Waals surface area contributed by atoms with Crippen LogP contribution in [0.3, 0.4) is 0 Å². The average Bonchev–Trinajstić information content (AvgIpc) is 1.88. The van der Waals surface area contributed by atoms with E-state index in [0.717, 1.165) is 11.0 Å². The van der Waals surface area contributed by atoms with Crippen molar-refractivity contribution in [3.63, 3.8) is 0 Å². The van der Waals surface area contributed by atoms with E-state index >= 15 is 0 Å². The van der Waals surface area contributed by atoms with Crippen molar-refractivity contribution in [2.24, 2.45) is 0 Å². The zero-order chi connectivity index (χ0) is 10.0. The third-order valence-electron chi connectivity index (χ3n) is 1.20. The Bertz CT molecular complexity index is 140. The molecule has 2 nitrogen and oxygen atoms in total. The first kappa shape index (κ1) is 14.0. The second kappa shape index (κ2) is 8.58. The van der Waals surface area contributed by atoms with Gasteiger partial charge in [0.1, 0.15) is 6.04 Å². The van der Waals surface area contributed by atoms with Crippen LogP contribution in [-0.2, 0) is 0 Å². The summed E-state index contributed by atoms with van der Waals surface area (Å²) in [5.41, 5.74) is 0. The zero-order valence-electron chi connectivity index (χ0n) is 9.36. The maximum Gasteiger partial charge on any atom is 0.136 e. The molecule has 0 aromatic rings. The quantitative estimate of drug-likeness (QED) is 0.487. The number of rotatable bonds is 2. The van der Waals surface area contributed by atoms with Crippen LogP contribution >= 0.6 is 0 Å². The second-order valence-electron chi connectivity index (χ2n) is 3.27. The lowest BCUT2D eigenvalue weighted by atomic mass is 10.4. The Morgan fingerprint density at radius 3 is 1.92 bits per heavy atom. The normalized spacial score (nSPS) is 9.17. The number of quaternary nitrogens is 1. The fourth-order valence-electron chi connectivity index (χ4n) is 0.918. The minimum Gasteiger partial charge on any atom is -0.323 e. The Morgan fingerprint density at radius 1 is 1.25 bits per heavy atom. The lowest BCUT2D eigenvalue weighted by molar-refractivity contribution is -0.822. The van der Waals surface area contributed by atoms with Crippen molar-refractivity contribution < 1.29 is 4.48 Å². The van der Waals surface area contributed by atoms with Crippen LogP contribution in [0.1, 0.15) is 20.3 Å². The molecule has 0 radical (unpaired) electrons. The molecule has 0 amide bonds. The summed E-state index contributed by atoms with van der Waals surface area (Å²) in [7, 11) is 8.00. The van der Waals surface area contributed by atoms with E-state index in [1.165, 1.54) is 6.42 Å². The average molecular weight is 171 g/mol. The Balaban J connectivity index is 0. The highest BCUT2D eigenvalue weighted by Gasteiger charge is 2.07. The molecule has 0 aromatic carbocycles. The van der Waals surface area contributed by atoms with Crippen molar-refractivity contribution in [3.05, 3.63) is 0 Å². The lowest BCUT2D eigenvalue weighted by Gasteiger charge is -2.19. The maximum absolute atomic E-state index is 3.11. The lowest BCUT2D eigenvalue weighted by Crippen LogP contribution is -2.34. The van der Waals surface area contributed by atoms with Crippen LogP contribution in [-0.4, -0.2) is 39.2 Å². The minimum atomic E-state index is 0.826. The fraction of sp³-hybridized carbons (Fsp3) is 0.800. The zero-order valence-corrected chi connectivity index (χ0v) is 9.36. The van der Waals surface area contributed by atoms with E-state index in [1.807, 2.05) is 21.0 Å². The Morgan fingerprint density at radius 2 is 1.67 bits per heavy atom. The van der Waals surface area contributed by atoms with E-state index in [9.17, 15) is 0 Å². The molecule has 0 atom stereocenters. The summed E-state index contributed by atoms with van der Waals surface area (Å²) in [4.78, 5) is 0. The third-order valence-corrected chi connectivity index (χ3v) is 1.20. The van der Waals surface area contributed by atoms with E-state index < -0.39 is 0 Å². The Hall–Kier alpha value is -0.520. The molecule has 0 heterocycles. The number of hydrogen-bond acceptors (Lipinski definition) is 1. The van der Waals surface area contributed by atoms with Gasteiger partial charge in [-0.2, -0.15) is 0 Å². The molecular weight excluding hydrogens is 148 g/mol. The molecule has 0 spiro atoms. The van der Waals surface area contributed by atoms with Gasteiger partial charge in [0.05, 0.1) is 20.6 Å². The van der Waals surface area contributed by atoms with Crippen LogP contribution in [0.15, 0.2) is 0 Å². The second-order valence-corrected chi connectivity index (χ2v) is 3.27. The monoisotopic (exact) mass is 171 g/mol. The summed E-state index contributed by atoms with van der Waals surface area (Å²) < 4.78 is 0.826. The largest absolute Gasteiger partial charge is 0.323 e. The van der Waals surface area contributed by atoms with Crippen molar-refractivity contribution >= 4 is 0 Å². The summed E-state index contributed by atoms with van der Waals surface area (Å²) in [5.74, 6) is 2.92. The minimum absolute atomic E-state index is 0.826. The van der Waals surface area contributed by atoms with E-state index in [1.54, 1.807) is 0 Å². The molecule has 0 rings (SSSR count). The Labute approximate surface area is 77.5 Å². The number of nitrogens with zero attached hydrogens (tertiary/aromatic N) is 1. The molecule has 0 aliphatic heterocycles. The number of hydrogen-bond donors (Lipinski definition) is 1. The van der Waals surface area contributed by atoms with E-state index in [2.05, 4.69) is 38.3 Å². The van der Waals surface area contributed by atoms with Gasteiger partial charge < -0.3 is 5.32 Å². The van der Waals surface area contributed by atoms with Gasteiger partial charge in [-0.25, -0.2) is 0 Å². The first-order valence-corrected chi connectivity index (χ1v) is 4.39. The highest BCUT2D eigenvalue weighted by Crippen LogP contribution is 1.94. The SMILES string of the molecule is CC#C[N+](C)(C)CCC.CNC. The highest BCUT2D eigenvalue weighted by molar-refractivity contribution is 4.85. The van der Waals surface area contributed by atoms with Crippen LogP contribution in [0, 0.1) is 12.0 Å². The molecule has 2 heteroatoms. The molecule has 0 aliphatic carbocycles. The van der Waals surface area contributed by atoms with Crippen molar-refractivity contribution in [2.75, 3.05) is 34.7 Å². The van der Waals surface area contributed by atoms with Gasteiger partial charge in [-0.1, -0.05) is 6.92 Å². The first-order chi connectivity index (χ1) is 5.54. The fourth-order valence-corrected chi connectivity index (χ4v) is 0.918. The van der Waals surface area contributed by atoms with Gasteiger partial charge in [0.2, 0.25) is 0 Å². The van der Waals surface area contributed by atoms with Gasteiger partial charge in [0.25, 0.3) is 0 Å². The van der Waals surface area contributed by atoms with Gasteiger partial charge in [-0.3, -0.25) is 4.48 Å². The predicted octanol–water partition coefficient (Wildman–Crippen LogP) is 1.29. The molecule has 72 valence electrons. The van der Waals surface area contributed by atoms with Crippen LogP contribution in [0.2, 0.25) is 0 Å². The van der Waals surface area contributed by atoms with Gasteiger partial charge in [-0.15, -0.1) is 0 Å². The summed E-state index contributed by atoms with van der Waals surface area (Å²) in [6, 6.07) is 3.11. The molecule has 0 saturated carbocycles. The summed E-state index contributed by atoms with van der Waals surface area (Å²) in [5, 5.41) is 2.75. The van der Waals surface area contributed by atoms with Crippen molar-refractivity contribution in [2.45, 2.75) is 20.3 Å². The molecule has 1 N–H and O–H groups in total. The van der Waals surface area contributed by atoms with Crippen molar-refractivity contribution in [1.82, 2.24) is 5.32 Å². The summed E-state index contributed by atoms with van der Waals surface area (Å²) in [6.45, 7) is 5.20. The van der Waals surface area contributed by atoms with Crippen LogP contribution in [0.4, 0.5) is 0 Å². The van der Waals surface area contributed by atoms with Crippen molar-refractivity contribution in [1.29, 1.82) is 0 Å². The standard InChI is InChI=1S/C8H16N.C2H7N/c1-5-7-9(3,4)8-6-2;1-3-2/h5,7H2,1-4H3;3H,1-2H3/q+1;. The smallest absolute Gasteiger partial charge is 0.136 e. The molecule has 0 bridgehead atoms. The molecule has 0 fully saturated rings. The maximum atomic E-state index is 3.11. The molecular formula is C10H23N2+. The predicted molar refractivity (Wildman–Crippen MR) is 55.7 cm³/mol. The molecule has 0 saturated heterocycles. The third kappa shape index (κ3) is 12.2. The molecule has 12 heavy (non-hydrogen) atoms. The van der Waals surface area contributed by atoms with Crippen LogP contribution in [0.5, 0.6) is 0 Å². The Kier molecular flexibility index (Phi) is 10.0. The molecule has 0 aliphatic rings. The van der Waals surface area contributed by atoms with Gasteiger partial charge >= 0.3 is 0 Å². The van der Waals surface area contributed by atoms with Gasteiger partial charge in [-0.05, 0) is 26.4 Å². The summed E-state index contributed by atoms with van der Waals surface area (Å²) >= 11 is 0. The molecule has 0 aromatic heterocycles. The van der Waals surface area contributed by atoms with Crippen LogP contribution in [0.25, 0.3) is 0 Å². The van der Waals surface area contributed by atoms with Crippen LogP contribution < -0.4 is 5.32 Å². The van der Waals surface area contributed by atoms with Gasteiger partial charge in [0.15, 0.2) is 0 Å². The van der Waals surface area contributed by atoms with E-state index in [4.69, 9.17) is 0 Å². The first-order valence-electron chi connectivity index (χ1n) is 4.39. The van der Waals surface area contributed by atoms with Gasteiger partial charge in [0, 0.05) is 6.92 Å². The van der Waals surface area contributed by atoms with E-state index in [-0.39, 0.29) is 0 Å². The van der Waals surface area contributed by atoms with Crippen molar-refractivity contribution in [3.8, 4) is 12.0 Å².